The van der Waals surface area contributed by atoms with Gasteiger partial charge in [0.05, 0.1) is 17.7 Å². The molecule has 0 aliphatic heterocycles. The minimum absolute atomic E-state index is 0.0196. The number of thioether (sulfide) groups is 1. The molecule has 6 nitrogen and oxygen atoms in total. The first-order chi connectivity index (χ1) is 14.8. The number of carbonyl (C=O) groups is 1. The van der Waals surface area contributed by atoms with Crippen molar-refractivity contribution in [3.63, 3.8) is 0 Å². The SMILES string of the molecule is CCc1sc2nc(SCC(=O)/C(C#N)=C(\C)N)n(Cc3ccc(C)cc3)c(=O)c2c1C. The van der Waals surface area contributed by atoms with Crippen LogP contribution >= 0.6 is 23.1 Å². The summed E-state index contributed by atoms with van der Waals surface area (Å²) in [5, 5.41) is 10.3. The van der Waals surface area contributed by atoms with E-state index < -0.39 is 0 Å². The standard InChI is InChI=1S/C23H24N4O2S2/c1-5-19-14(3)20-21(31-19)26-23(30-12-18(28)17(10-24)15(4)25)27(22(20)29)11-16-8-6-13(2)7-9-16/h6-9H,5,11-12,25H2,1-4H3/b17-15+. The molecule has 0 spiro atoms. The highest BCUT2D eigenvalue weighted by Crippen LogP contribution is 2.30. The molecule has 2 heterocycles. The fraction of sp³-hybridized carbons (Fsp3) is 0.304. The number of ketones is 1. The van der Waals surface area contributed by atoms with E-state index in [0.717, 1.165) is 39.8 Å². The lowest BCUT2D eigenvalue weighted by Crippen LogP contribution is -2.24. The number of hydrogen-bond donors (Lipinski definition) is 1. The number of carbonyl (C=O) groups excluding carboxylic acids is 1. The monoisotopic (exact) mass is 452 g/mol. The van der Waals surface area contributed by atoms with Crippen molar-refractivity contribution in [3.05, 3.63) is 67.5 Å². The molecule has 0 amide bonds. The lowest BCUT2D eigenvalue weighted by atomic mass is 10.1. The first kappa shape index (κ1) is 22.8. The van der Waals surface area contributed by atoms with E-state index in [1.807, 2.05) is 44.2 Å². The Morgan fingerprint density at radius 2 is 1.97 bits per heavy atom. The van der Waals surface area contributed by atoms with Crippen molar-refractivity contribution in [3.8, 4) is 6.07 Å². The summed E-state index contributed by atoms with van der Waals surface area (Å²) >= 11 is 2.67. The van der Waals surface area contributed by atoms with E-state index >= 15 is 0 Å². The molecule has 0 saturated carbocycles. The number of aryl methyl sites for hydroxylation is 3. The normalized spacial score (nSPS) is 12.0. The van der Waals surface area contributed by atoms with Gasteiger partial charge in [0, 0.05) is 10.6 Å². The summed E-state index contributed by atoms with van der Waals surface area (Å²) in [4.78, 5) is 32.5. The molecule has 0 radical (unpaired) electrons. The minimum Gasteiger partial charge on any atom is -0.401 e. The van der Waals surface area contributed by atoms with Crippen LogP contribution in [0.2, 0.25) is 0 Å². The third-order valence-electron chi connectivity index (χ3n) is 5.01. The molecule has 3 aromatic rings. The Kier molecular flexibility index (Phi) is 6.98. The van der Waals surface area contributed by atoms with Crippen LogP contribution < -0.4 is 11.3 Å². The quantitative estimate of drug-likeness (QED) is 0.251. The second-order valence-corrected chi connectivity index (χ2v) is 9.36. The number of fused-ring (bicyclic) bond motifs is 1. The molecule has 2 N–H and O–H groups in total. The van der Waals surface area contributed by atoms with E-state index in [1.165, 1.54) is 18.3 Å². The maximum atomic E-state index is 13.5. The Balaban J connectivity index is 2.08. The summed E-state index contributed by atoms with van der Waals surface area (Å²) in [5.41, 5.74) is 8.76. The fourth-order valence-corrected chi connectivity index (χ4v) is 5.31. The van der Waals surface area contributed by atoms with Gasteiger partial charge in [0.25, 0.3) is 5.56 Å². The van der Waals surface area contributed by atoms with Crippen LogP contribution in [0.25, 0.3) is 10.2 Å². The van der Waals surface area contributed by atoms with Crippen molar-refractivity contribution in [2.24, 2.45) is 5.73 Å². The molecule has 0 fully saturated rings. The van der Waals surface area contributed by atoms with Crippen molar-refractivity contribution in [2.45, 2.75) is 45.8 Å². The van der Waals surface area contributed by atoms with Crippen molar-refractivity contribution in [1.82, 2.24) is 9.55 Å². The predicted octanol–water partition coefficient (Wildman–Crippen LogP) is 4.10. The van der Waals surface area contributed by atoms with Gasteiger partial charge in [-0.3, -0.25) is 14.2 Å². The Hall–Kier alpha value is -2.89. The van der Waals surface area contributed by atoms with Gasteiger partial charge in [-0.05, 0) is 38.3 Å². The lowest BCUT2D eigenvalue weighted by molar-refractivity contribution is -0.112. The predicted molar refractivity (Wildman–Crippen MR) is 127 cm³/mol. The number of nitrogens with zero attached hydrogens (tertiary/aromatic N) is 3. The van der Waals surface area contributed by atoms with Crippen molar-refractivity contribution >= 4 is 39.1 Å². The van der Waals surface area contributed by atoms with Gasteiger partial charge in [-0.2, -0.15) is 5.26 Å². The number of hydrogen-bond acceptors (Lipinski definition) is 7. The van der Waals surface area contributed by atoms with E-state index in [4.69, 9.17) is 10.7 Å². The zero-order valence-corrected chi connectivity index (χ0v) is 19.6. The second-order valence-electron chi connectivity index (χ2n) is 7.34. The molecule has 0 unspecified atom stereocenters. The van der Waals surface area contributed by atoms with Gasteiger partial charge in [-0.25, -0.2) is 4.98 Å². The maximum Gasteiger partial charge on any atom is 0.263 e. The summed E-state index contributed by atoms with van der Waals surface area (Å²) < 4.78 is 1.62. The molecule has 0 aliphatic rings. The van der Waals surface area contributed by atoms with Crippen molar-refractivity contribution in [2.75, 3.05) is 5.75 Å². The fourth-order valence-electron chi connectivity index (χ4n) is 3.28. The van der Waals surface area contributed by atoms with Gasteiger partial charge in [0.15, 0.2) is 10.9 Å². The van der Waals surface area contributed by atoms with Gasteiger partial charge in [-0.1, -0.05) is 48.5 Å². The van der Waals surface area contributed by atoms with E-state index in [9.17, 15) is 14.9 Å². The topological polar surface area (TPSA) is 102 Å². The summed E-state index contributed by atoms with van der Waals surface area (Å²) in [6.45, 7) is 7.91. The van der Waals surface area contributed by atoms with Crippen LogP contribution in [0.5, 0.6) is 0 Å². The highest BCUT2D eigenvalue weighted by molar-refractivity contribution is 7.99. The molecule has 8 heteroatoms. The highest BCUT2D eigenvalue weighted by atomic mass is 32.2. The molecular weight excluding hydrogens is 428 g/mol. The summed E-state index contributed by atoms with van der Waals surface area (Å²) in [7, 11) is 0. The molecule has 0 aliphatic carbocycles. The Morgan fingerprint density at radius 1 is 1.29 bits per heavy atom. The van der Waals surface area contributed by atoms with Crippen molar-refractivity contribution in [1.29, 1.82) is 5.26 Å². The molecule has 31 heavy (non-hydrogen) atoms. The largest absolute Gasteiger partial charge is 0.401 e. The van der Waals surface area contributed by atoms with E-state index in [1.54, 1.807) is 4.57 Å². The number of rotatable bonds is 7. The first-order valence-electron chi connectivity index (χ1n) is 9.87. The van der Waals surface area contributed by atoms with Crippen LogP contribution in [0.1, 0.15) is 35.4 Å². The van der Waals surface area contributed by atoms with E-state index in [-0.39, 0.29) is 28.4 Å². The zero-order chi connectivity index (χ0) is 22.7. The molecule has 3 rings (SSSR count). The summed E-state index contributed by atoms with van der Waals surface area (Å²) in [6, 6.07) is 9.83. The smallest absolute Gasteiger partial charge is 0.263 e. The molecule has 0 bridgehead atoms. The van der Waals surface area contributed by atoms with Crippen LogP contribution in [0.4, 0.5) is 0 Å². The third kappa shape index (κ3) is 4.73. The summed E-state index contributed by atoms with van der Waals surface area (Å²) in [5.74, 6) is -0.394. The number of nitriles is 1. The van der Waals surface area contributed by atoms with Gasteiger partial charge in [-0.15, -0.1) is 11.3 Å². The van der Waals surface area contributed by atoms with Crippen LogP contribution in [0, 0.1) is 25.2 Å². The lowest BCUT2D eigenvalue weighted by Gasteiger charge is -2.12. The Morgan fingerprint density at radius 3 is 2.55 bits per heavy atom. The molecule has 160 valence electrons. The van der Waals surface area contributed by atoms with Gasteiger partial charge >= 0.3 is 0 Å². The van der Waals surface area contributed by atoms with Gasteiger partial charge < -0.3 is 5.73 Å². The number of aromatic nitrogens is 2. The van der Waals surface area contributed by atoms with Crippen molar-refractivity contribution < 1.29 is 4.79 Å². The molecule has 1 aromatic carbocycles. The minimum atomic E-state index is -0.375. The maximum absolute atomic E-state index is 13.5. The molecule has 0 saturated heterocycles. The highest BCUT2D eigenvalue weighted by Gasteiger charge is 2.20. The number of allylic oxidation sites excluding steroid dienone is 2. The Bertz CT molecular complexity index is 1270. The second kappa shape index (κ2) is 9.50. The average molecular weight is 453 g/mol. The third-order valence-corrected chi connectivity index (χ3v) is 7.32. The van der Waals surface area contributed by atoms with Gasteiger partial charge in [0.2, 0.25) is 0 Å². The zero-order valence-electron chi connectivity index (χ0n) is 18.0. The van der Waals surface area contributed by atoms with E-state index in [0.29, 0.717) is 21.9 Å². The molecular formula is C23H24N4O2S2. The van der Waals surface area contributed by atoms with E-state index in [2.05, 4.69) is 6.92 Å². The van der Waals surface area contributed by atoms with Crippen LogP contribution in [-0.4, -0.2) is 21.1 Å². The summed E-state index contributed by atoms with van der Waals surface area (Å²) in [6.07, 6.45) is 0.831. The number of nitrogens with two attached hydrogens (primary N) is 1. The number of benzene rings is 1. The number of Topliss-reactive ketones (excluding diaryl/α,β-unsaturated/α-hetero) is 1. The molecule has 0 atom stereocenters. The first-order valence-corrected chi connectivity index (χ1v) is 11.7. The Labute approximate surface area is 189 Å². The molecule has 2 aromatic heterocycles. The van der Waals surface area contributed by atoms with Gasteiger partial charge in [0.1, 0.15) is 16.5 Å². The van der Waals surface area contributed by atoms with Crippen LogP contribution in [0.15, 0.2) is 45.5 Å². The number of thiophene rings is 1. The van der Waals surface area contributed by atoms with Crippen LogP contribution in [0.3, 0.4) is 0 Å². The van der Waals surface area contributed by atoms with Crippen LogP contribution in [-0.2, 0) is 17.8 Å². The average Bonchev–Trinajstić information content (AvgIpc) is 3.06.